The molecule has 2 aromatic heterocycles. The van der Waals surface area contributed by atoms with Crippen LogP contribution in [0.2, 0.25) is 0 Å². The molecule has 0 radical (unpaired) electrons. The maximum Gasteiger partial charge on any atom is 0.174 e. The van der Waals surface area contributed by atoms with E-state index in [4.69, 9.17) is 5.26 Å². The maximum absolute atomic E-state index is 9.66. The topological polar surface area (TPSA) is 77.8 Å². The molecule has 0 N–H and O–H groups in total. The zero-order valence-electron chi connectivity index (χ0n) is 11.7. The van der Waals surface area contributed by atoms with Gasteiger partial charge in [-0.05, 0) is 29.5 Å². The number of hydrogen-bond donors (Lipinski definition) is 0. The number of nitriles is 2. The third kappa shape index (κ3) is 1.70. The molecule has 0 unspecified atom stereocenters. The highest BCUT2D eigenvalue weighted by Crippen LogP contribution is 2.36. The van der Waals surface area contributed by atoms with Crippen molar-refractivity contribution < 1.29 is 0 Å². The fourth-order valence-electron chi connectivity index (χ4n) is 3.11. The highest BCUT2D eigenvalue weighted by molar-refractivity contribution is 5.83. The fourth-order valence-corrected chi connectivity index (χ4v) is 3.11. The molecule has 3 aromatic rings. The van der Waals surface area contributed by atoms with E-state index < -0.39 is 0 Å². The van der Waals surface area contributed by atoms with Crippen LogP contribution in [-0.4, -0.2) is 14.6 Å². The molecule has 4 rings (SSSR count). The third-order valence-electron chi connectivity index (χ3n) is 4.05. The van der Waals surface area contributed by atoms with E-state index in [-0.39, 0.29) is 6.42 Å². The van der Waals surface area contributed by atoms with E-state index in [9.17, 15) is 5.26 Å². The van der Waals surface area contributed by atoms with Crippen molar-refractivity contribution in [3.63, 3.8) is 0 Å². The number of nitrogens with zero attached hydrogens (tertiary/aromatic N) is 5. The monoisotopic (exact) mass is 285 g/mol. The third-order valence-corrected chi connectivity index (χ3v) is 4.05. The summed E-state index contributed by atoms with van der Waals surface area (Å²) in [7, 11) is 0. The summed E-state index contributed by atoms with van der Waals surface area (Å²) in [5.41, 5.74) is 5.51. The first-order valence-electron chi connectivity index (χ1n) is 7.08. The molecule has 0 saturated heterocycles. The molecule has 1 aliphatic carbocycles. The highest BCUT2D eigenvalue weighted by Gasteiger charge is 2.23. The number of aromatic nitrogens is 3. The van der Waals surface area contributed by atoms with Gasteiger partial charge in [0.05, 0.1) is 12.5 Å². The first-order valence-corrected chi connectivity index (χ1v) is 7.08. The Hall–Kier alpha value is -3.18. The Balaban J connectivity index is 2.07. The zero-order valence-corrected chi connectivity index (χ0v) is 11.7. The minimum absolute atomic E-state index is 0.147. The van der Waals surface area contributed by atoms with Gasteiger partial charge in [0, 0.05) is 11.8 Å². The summed E-state index contributed by atoms with van der Waals surface area (Å²) in [5, 5.41) is 22.8. The maximum atomic E-state index is 9.66. The summed E-state index contributed by atoms with van der Waals surface area (Å²) in [6, 6.07) is 12.5. The lowest BCUT2D eigenvalue weighted by Gasteiger charge is -2.20. The van der Waals surface area contributed by atoms with Gasteiger partial charge in [-0.25, -0.2) is 9.50 Å². The smallest absolute Gasteiger partial charge is 0.174 e. The number of fused-ring (bicyclic) bond motifs is 4. The van der Waals surface area contributed by atoms with Gasteiger partial charge in [-0.2, -0.15) is 15.6 Å². The van der Waals surface area contributed by atoms with Gasteiger partial charge in [-0.15, -0.1) is 0 Å². The molecule has 1 aromatic carbocycles. The SMILES string of the molecule is N#CCc1nc2c(C#N)c3c(cn2n1)CCc1ccccc1-3. The minimum Gasteiger partial charge on any atom is -0.219 e. The Labute approximate surface area is 127 Å². The van der Waals surface area contributed by atoms with Gasteiger partial charge >= 0.3 is 0 Å². The van der Waals surface area contributed by atoms with Crippen LogP contribution >= 0.6 is 0 Å². The van der Waals surface area contributed by atoms with Crippen molar-refractivity contribution in [1.82, 2.24) is 14.6 Å². The fraction of sp³-hybridized carbons (Fsp3) is 0.176. The lowest BCUT2D eigenvalue weighted by atomic mass is 9.84. The van der Waals surface area contributed by atoms with Crippen LogP contribution in [-0.2, 0) is 19.3 Å². The molecule has 5 nitrogen and oxygen atoms in total. The molecular weight excluding hydrogens is 274 g/mol. The van der Waals surface area contributed by atoms with Crippen molar-refractivity contribution >= 4 is 5.65 Å². The average Bonchev–Trinajstić information content (AvgIpc) is 2.95. The van der Waals surface area contributed by atoms with Crippen LogP contribution in [0.4, 0.5) is 0 Å². The van der Waals surface area contributed by atoms with E-state index in [1.807, 2.05) is 24.4 Å². The molecule has 0 amide bonds. The molecule has 0 aliphatic heterocycles. The predicted octanol–water partition coefficient (Wildman–Crippen LogP) is 2.43. The summed E-state index contributed by atoms with van der Waals surface area (Å²) in [6.07, 6.45) is 3.92. The van der Waals surface area contributed by atoms with Crippen LogP contribution in [0.5, 0.6) is 0 Å². The van der Waals surface area contributed by atoms with Crippen LogP contribution in [0.3, 0.4) is 0 Å². The van der Waals surface area contributed by atoms with Crippen molar-refractivity contribution in [2.45, 2.75) is 19.3 Å². The van der Waals surface area contributed by atoms with Crippen LogP contribution in [0.25, 0.3) is 16.8 Å². The average molecular weight is 285 g/mol. The molecule has 0 bridgehead atoms. The van der Waals surface area contributed by atoms with Gasteiger partial charge < -0.3 is 0 Å². The van der Waals surface area contributed by atoms with Gasteiger partial charge in [-0.3, -0.25) is 0 Å². The van der Waals surface area contributed by atoms with E-state index in [0.29, 0.717) is 17.0 Å². The quantitative estimate of drug-likeness (QED) is 0.688. The molecule has 1 aliphatic rings. The number of aryl methyl sites for hydroxylation is 2. The second kappa shape index (κ2) is 4.68. The van der Waals surface area contributed by atoms with E-state index in [1.54, 1.807) is 4.52 Å². The molecule has 2 heterocycles. The van der Waals surface area contributed by atoms with Gasteiger partial charge in [-0.1, -0.05) is 24.3 Å². The van der Waals surface area contributed by atoms with E-state index in [1.165, 1.54) is 5.56 Å². The van der Waals surface area contributed by atoms with E-state index >= 15 is 0 Å². The van der Waals surface area contributed by atoms with Gasteiger partial charge in [0.2, 0.25) is 0 Å². The largest absolute Gasteiger partial charge is 0.219 e. The second-order valence-corrected chi connectivity index (χ2v) is 5.30. The second-order valence-electron chi connectivity index (χ2n) is 5.30. The zero-order chi connectivity index (χ0) is 15.1. The van der Waals surface area contributed by atoms with Crippen molar-refractivity contribution in [3.8, 4) is 23.3 Å². The number of pyridine rings is 1. The highest BCUT2D eigenvalue weighted by atomic mass is 15.3. The number of benzene rings is 1. The van der Waals surface area contributed by atoms with E-state index in [0.717, 1.165) is 29.5 Å². The summed E-state index contributed by atoms with van der Waals surface area (Å²) in [6.45, 7) is 0. The Bertz CT molecular complexity index is 985. The summed E-state index contributed by atoms with van der Waals surface area (Å²) < 4.78 is 1.64. The van der Waals surface area contributed by atoms with Gasteiger partial charge in [0.25, 0.3) is 0 Å². The summed E-state index contributed by atoms with van der Waals surface area (Å²) >= 11 is 0. The standard InChI is InChI=1S/C17H11N5/c18-8-7-15-20-17-14(9-19)16-12(10-22(17)21-15)6-5-11-3-1-2-4-13(11)16/h1-4,10H,5-7H2. The first-order chi connectivity index (χ1) is 10.8. The Morgan fingerprint density at radius 2 is 1.95 bits per heavy atom. The van der Waals surface area contributed by atoms with Crippen LogP contribution in [0, 0.1) is 22.7 Å². The molecule has 22 heavy (non-hydrogen) atoms. The molecule has 104 valence electrons. The van der Waals surface area contributed by atoms with Crippen LogP contribution in [0.15, 0.2) is 30.5 Å². The summed E-state index contributed by atoms with van der Waals surface area (Å²) in [5.74, 6) is 0.453. The lowest BCUT2D eigenvalue weighted by Crippen LogP contribution is -2.08. The molecular formula is C17H11N5. The normalized spacial score (nSPS) is 12.3. The van der Waals surface area contributed by atoms with Crippen molar-refractivity contribution in [1.29, 1.82) is 10.5 Å². The van der Waals surface area contributed by atoms with E-state index in [2.05, 4.69) is 28.3 Å². The van der Waals surface area contributed by atoms with Gasteiger partial charge in [0.15, 0.2) is 11.5 Å². The Kier molecular flexibility index (Phi) is 2.67. The molecule has 0 atom stereocenters. The van der Waals surface area contributed by atoms with Gasteiger partial charge in [0.1, 0.15) is 11.6 Å². The lowest BCUT2D eigenvalue weighted by molar-refractivity contribution is 0.870. The van der Waals surface area contributed by atoms with Crippen molar-refractivity contribution in [2.24, 2.45) is 0 Å². The van der Waals surface area contributed by atoms with Crippen LogP contribution in [0.1, 0.15) is 22.5 Å². The molecule has 0 saturated carbocycles. The van der Waals surface area contributed by atoms with Crippen molar-refractivity contribution in [3.05, 3.63) is 53.0 Å². The number of rotatable bonds is 1. The Morgan fingerprint density at radius 1 is 1.14 bits per heavy atom. The summed E-state index contributed by atoms with van der Waals surface area (Å²) in [4.78, 5) is 4.36. The molecule has 5 heteroatoms. The predicted molar refractivity (Wildman–Crippen MR) is 79.9 cm³/mol. The molecule has 0 spiro atoms. The minimum atomic E-state index is 0.147. The molecule has 0 fully saturated rings. The van der Waals surface area contributed by atoms with Crippen molar-refractivity contribution in [2.75, 3.05) is 0 Å². The van der Waals surface area contributed by atoms with Crippen LogP contribution < -0.4 is 0 Å². The first kappa shape index (κ1) is 12.6. The Morgan fingerprint density at radius 3 is 2.77 bits per heavy atom. The number of hydrogen-bond acceptors (Lipinski definition) is 4.